The molecular formula is C18H22BNO4. The fourth-order valence-corrected chi connectivity index (χ4v) is 2.61. The van der Waals surface area contributed by atoms with E-state index in [0.717, 1.165) is 16.2 Å². The van der Waals surface area contributed by atoms with Gasteiger partial charge in [0.05, 0.1) is 11.2 Å². The fraction of sp³-hybridized carbons (Fsp3) is 0.389. The standard InChI is InChI=1S/C18H22BNO4/c1-17(2)18(3,4)24-19(23-17)14-7-5-12-6-8-15(10-13(12)9-14)22-11-16(20)21/h5-10H,11H2,1-4H3,(H2,20,21). The summed E-state index contributed by atoms with van der Waals surface area (Å²) >= 11 is 0. The average Bonchev–Trinajstić information content (AvgIpc) is 2.72. The Morgan fingerprint density at radius 3 is 2.29 bits per heavy atom. The largest absolute Gasteiger partial charge is 0.494 e. The first kappa shape index (κ1) is 16.8. The quantitative estimate of drug-likeness (QED) is 0.872. The highest BCUT2D eigenvalue weighted by molar-refractivity contribution is 6.62. The van der Waals surface area contributed by atoms with E-state index in [1.54, 1.807) is 0 Å². The van der Waals surface area contributed by atoms with Gasteiger partial charge in [0.2, 0.25) is 0 Å². The van der Waals surface area contributed by atoms with Crippen molar-refractivity contribution in [2.24, 2.45) is 5.73 Å². The van der Waals surface area contributed by atoms with Crippen molar-refractivity contribution in [3.05, 3.63) is 36.4 Å². The van der Waals surface area contributed by atoms with Gasteiger partial charge in [-0.1, -0.05) is 24.3 Å². The molecule has 0 radical (unpaired) electrons. The third-order valence-electron chi connectivity index (χ3n) is 4.74. The first-order valence-corrected chi connectivity index (χ1v) is 7.98. The molecule has 1 heterocycles. The van der Waals surface area contributed by atoms with Crippen molar-refractivity contribution in [3.8, 4) is 5.75 Å². The number of hydrogen-bond acceptors (Lipinski definition) is 4. The monoisotopic (exact) mass is 327 g/mol. The molecule has 24 heavy (non-hydrogen) atoms. The zero-order valence-corrected chi connectivity index (χ0v) is 14.5. The second-order valence-corrected chi connectivity index (χ2v) is 7.11. The molecule has 1 saturated heterocycles. The molecule has 0 atom stereocenters. The molecule has 6 heteroatoms. The van der Waals surface area contributed by atoms with Crippen LogP contribution in [0.4, 0.5) is 0 Å². The van der Waals surface area contributed by atoms with E-state index < -0.39 is 13.0 Å². The van der Waals surface area contributed by atoms with Crippen LogP contribution in [-0.2, 0) is 14.1 Å². The molecule has 2 aromatic rings. The average molecular weight is 327 g/mol. The van der Waals surface area contributed by atoms with Gasteiger partial charge in [0.1, 0.15) is 5.75 Å². The van der Waals surface area contributed by atoms with Gasteiger partial charge < -0.3 is 19.8 Å². The van der Waals surface area contributed by atoms with Crippen LogP contribution in [0.5, 0.6) is 5.75 Å². The van der Waals surface area contributed by atoms with Crippen molar-refractivity contribution in [2.45, 2.75) is 38.9 Å². The molecule has 5 nitrogen and oxygen atoms in total. The second-order valence-electron chi connectivity index (χ2n) is 7.11. The molecule has 0 saturated carbocycles. The summed E-state index contributed by atoms with van der Waals surface area (Å²) in [6, 6.07) is 11.7. The predicted molar refractivity (Wildman–Crippen MR) is 94.4 cm³/mol. The maximum atomic E-state index is 10.9. The summed E-state index contributed by atoms with van der Waals surface area (Å²) in [5.74, 6) is 0.105. The molecule has 0 unspecified atom stereocenters. The Morgan fingerprint density at radius 1 is 1.04 bits per heavy atom. The molecular weight excluding hydrogens is 305 g/mol. The Kier molecular flexibility index (Phi) is 4.05. The number of carbonyl (C=O) groups is 1. The summed E-state index contributed by atoms with van der Waals surface area (Å²) in [4.78, 5) is 10.9. The number of carbonyl (C=O) groups excluding carboxylic acids is 1. The lowest BCUT2D eigenvalue weighted by molar-refractivity contribution is -0.119. The van der Waals surface area contributed by atoms with E-state index in [2.05, 4.69) is 0 Å². The van der Waals surface area contributed by atoms with Crippen LogP contribution in [0, 0.1) is 0 Å². The van der Waals surface area contributed by atoms with Crippen molar-refractivity contribution in [1.82, 2.24) is 0 Å². The normalized spacial score (nSPS) is 18.8. The number of amides is 1. The zero-order valence-electron chi connectivity index (χ0n) is 14.5. The van der Waals surface area contributed by atoms with E-state index in [-0.39, 0.29) is 17.8 Å². The van der Waals surface area contributed by atoms with Crippen LogP contribution in [-0.4, -0.2) is 30.8 Å². The number of nitrogens with two attached hydrogens (primary N) is 1. The van der Waals surface area contributed by atoms with Gasteiger partial charge in [-0.3, -0.25) is 4.79 Å². The second kappa shape index (κ2) is 5.79. The highest BCUT2D eigenvalue weighted by Crippen LogP contribution is 2.36. The van der Waals surface area contributed by atoms with Crippen molar-refractivity contribution in [1.29, 1.82) is 0 Å². The van der Waals surface area contributed by atoms with Crippen molar-refractivity contribution in [2.75, 3.05) is 6.61 Å². The molecule has 126 valence electrons. The summed E-state index contributed by atoms with van der Waals surface area (Å²) in [6.07, 6.45) is 0. The summed E-state index contributed by atoms with van der Waals surface area (Å²) in [7, 11) is -0.408. The minimum absolute atomic E-state index is 0.136. The van der Waals surface area contributed by atoms with E-state index in [1.165, 1.54) is 0 Å². The number of ether oxygens (including phenoxy) is 1. The minimum atomic E-state index is -0.499. The topological polar surface area (TPSA) is 70.8 Å². The lowest BCUT2D eigenvalue weighted by Gasteiger charge is -2.32. The molecule has 1 aliphatic heterocycles. The number of hydrogen-bond donors (Lipinski definition) is 1. The van der Waals surface area contributed by atoms with Crippen LogP contribution >= 0.6 is 0 Å². The van der Waals surface area contributed by atoms with Gasteiger partial charge in [-0.15, -0.1) is 0 Å². The van der Waals surface area contributed by atoms with Crippen molar-refractivity contribution < 1.29 is 18.8 Å². The fourth-order valence-electron chi connectivity index (χ4n) is 2.61. The van der Waals surface area contributed by atoms with Crippen molar-refractivity contribution >= 4 is 29.3 Å². The lowest BCUT2D eigenvalue weighted by Crippen LogP contribution is -2.41. The Labute approximate surface area is 142 Å². The highest BCUT2D eigenvalue weighted by Gasteiger charge is 2.51. The van der Waals surface area contributed by atoms with Gasteiger partial charge in [-0.25, -0.2) is 0 Å². The molecule has 2 aromatic carbocycles. The molecule has 1 aliphatic rings. The summed E-state index contributed by atoms with van der Waals surface area (Å²) in [6.45, 7) is 7.99. The van der Waals surface area contributed by atoms with Gasteiger partial charge >= 0.3 is 7.12 Å². The smallest absolute Gasteiger partial charge is 0.484 e. The highest BCUT2D eigenvalue weighted by atomic mass is 16.7. The molecule has 3 rings (SSSR count). The van der Waals surface area contributed by atoms with Crippen LogP contribution in [0.2, 0.25) is 0 Å². The first-order valence-electron chi connectivity index (χ1n) is 7.98. The zero-order chi connectivity index (χ0) is 17.5. The maximum Gasteiger partial charge on any atom is 0.494 e. The van der Waals surface area contributed by atoms with E-state index in [9.17, 15) is 4.79 Å². The number of fused-ring (bicyclic) bond motifs is 1. The van der Waals surface area contributed by atoms with Crippen LogP contribution in [0.1, 0.15) is 27.7 Å². The first-order chi connectivity index (χ1) is 11.2. The van der Waals surface area contributed by atoms with Crippen LogP contribution in [0.3, 0.4) is 0 Å². The van der Waals surface area contributed by atoms with Gasteiger partial charge in [0.15, 0.2) is 6.61 Å². The summed E-state index contributed by atoms with van der Waals surface area (Å²) < 4.78 is 17.6. The van der Waals surface area contributed by atoms with Gasteiger partial charge in [-0.2, -0.15) is 0 Å². The Bertz CT molecular complexity index is 772. The molecule has 0 aromatic heterocycles. The minimum Gasteiger partial charge on any atom is -0.484 e. The Morgan fingerprint density at radius 2 is 1.67 bits per heavy atom. The van der Waals surface area contributed by atoms with Gasteiger partial charge in [0.25, 0.3) is 5.91 Å². The third kappa shape index (κ3) is 3.12. The number of rotatable bonds is 4. The molecule has 0 spiro atoms. The van der Waals surface area contributed by atoms with Gasteiger partial charge in [-0.05, 0) is 56.1 Å². The van der Waals surface area contributed by atoms with Gasteiger partial charge in [0, 0.05) is 0 Å². The number of benzene rings is 2. The maximum absolute atomic E-state index is 10.9. The Hall–Kier alpha value is -2.05. The lowest BCUT2D eigenvalue weighted by atomic mass is 9.78. The third-order valence-corrected chi connectivity index (χ3v) is 4.74. The van der Waals surface area contributed by atoms with E-state index in [1.807, 2.05) is 64.1 Å². The molecule has 2 N–H and O–H groups in total. The SMILES string of the molecule is CC1(C)OB(c2ccc3ccc(OCC(N)=O)cc3c2)OC1(C)C. The van der Waals surface area contributed by atoms with Crippen LogP contribution in [0.25, 0.3) is 10.8 Å². The van der Waals surface area contributed by atoms with E-state index in [0.29, 0.717) is 5.75 Å². The van der Waals surface area contributed by atoms with E-state index in [4.69, 9.17) is 19.8 Å². The summed E-state index contributed by atoms with van der Waals surface area (Å²) in [5, 5.41) is 2.06. The predicted octanol–water partition coefficient (Wildman–Crippen LogP) is 2.00. The van der Waals surface area contributed by atoms with Crippen LogP contribution < -0.4 is 15.9 Å². The van der Waals surface area contributed by atoms with Crippen LogP contribution in [0.15, 0.2) is 36.4 Å². The van der Waals surface area contributed by atoms with Crippen molar-refractivity contribution in [3.63, 3.8) is 0 Å². The molecule has 0 aliphatic carbocycles. The number of primary amides is 1. The molecule has 0 bridgehead atoms. The van der Waals surface area contributed by atoms with E-state index >= 15 is 0 Å². The molecule has 1 amide bonds. The molecule has 1 fully saturated rings. The summed E-state index contributed by atoms with van der Waals surface area (Å²) in [5.41, 5.74) is 5.31. The Balaban J connectivity index is 1.89.